The minimum atomic E-state index is -2.05. The van der Waals surface area contributed by atoms with Gasteiger partial charge in [0.2, 0.25) is 5.72 Å². The number of hydrogen-bond donors (Lipinski definition) is 1. The van der Waals surface area contributed by atoms with Crippen LogP contribution in [0.5, 0.6) is 0 Å². The van der Waals surface area contributed by atoms with E-state index >= 15 is 4.39 Å². The summed E-state index contributed by atoms with van der Waals surface area (Å²) in [5.74, 6) is -2.34. The van der Waals surface area contributed by atoms with E-state index in [1.165, 1.54) is 14.2 Å². The summed E-state index contributed by atoms with van der Waals surface area (Å²) in [6, 6.07) is 1.05. The van der Waals surface area contributed by atoms with Crippen LogP contribution in [0.2, 0.25) is 0 Å². The Labute approximate surface area is 205 Å². The van der Waals surface area contributed by atoms with Crippen LogP contribution < -0.4 is 11.2 Å². The Morgan fingerprint density at radius 3 is 2.31 bits per heavy atom. The van der Waals surface area contributed by atoms with Gasteiger partial charge in [0.05, 0.1) is 33.0 Å². The van der Waals surface area contributed by atoms with Crippen molar-refractivity contribution < 1.29 is 37.5 Å². The molecule has 0 unspecified atom stereocenters. The number of methoxy groups -OCH3 is 2. The third kappa shape index (κ3) is 5.19. The van der Waals surface area contributed by atoms with Gasteiger partial charge in [-0.15, -0.1) is 0 Å². The molecule has 0 aromatic carbocycles. The number of azide groups is 1. The van der Waals surface area contributed by atoms with Crippen LogP contribution in [0.25, 0.3) is 10.4 Å². The summed E-state index contributed by atoms with van der Waals surface area (Å²) >= 11 is 0. The van der Waals surface area contributed by atoms with Crippen molar-refractivity contribution in [2.75, 3.05) is 47.3 Å². The van der Waals surface area contributed by atoms with Crippen molar-refractivity contribution in [1.82, 2.24) is 9.55 Å². The van der Waals surface area contributed by atoms with Crippen LogP contribution in [0.15, 0.2) is 27.0 Å². The number of alkyl halides is 1. The number of nitrogens with one attached hydrogen (secondary N) is 1. The number of H-pyrrole nitrogens is 1. The standard InChI is InChI=1S/C21H30FN5O9/c1-30-19(4-9-32-10-5-19)34-13-21(25-26-23)16(35-20(31-2)6-11-33-12-7-20)15(22)17(36-21)27-8-3-14(28)24-18(27)29/h3,8,15-17H,4-7,9-13H2,1-2H3,(H,24,28,29)/t15-,16+,17-,21-/m1/s1. The number of aromatic nitrogens is 2. The van der Waals surface area contributed by atoms with Gasteiger partial charge >= 0.3 is 5.69 Å². The van der Waals surface area contributed by atoms with Gasteiger partial charge in [0.25, 0.3) is 5.56 Å². The molecule has 4 atom stereocenters. The van der Waals surface area contributed by atoms with E-state index in [-0.39, 0.29) is 12.8 Å². The predicted octanol–water partition coefficient (Wildman–Crippen LogP) is 1.12. The van der Waals surface area contributed by atoms with E-state index < -0.39 is 53.7 Å². The Morgan fingerprint density at radius 1 is 1.14 bits per heavy atom. The van der Waals surface area contributed by atoms with Crippen LogP contribution in [0.1, 0.15) is 31.9 Å². The molecule has 0 spiro atoms. The fourth-order valence-electron chi connectivity index (χ4n) is 4.64. The van der Waals surface area contributed by atoms with Crippen molar-refractivity contribution >= 4 is 0 Å². The van der Waals surface area contributed by atoms with E-state index in [4.69, 9.17) is 33.2 Å². The van der Waals surface area contributed by atoms with Crippen LogP contribution in [-0.4, -0.2) is 86.4 Å². The summed E-state index contributed by atoms with van der Waals surface area (Å²) in [5.41, 5.74) is 5.83. The molecule has 36 heavy (non-hydrogen) atoms. The molecule has 4 rings (SSSR count). The Balaban J connectivity index is 1.72. The molecule has 3 fully saturated rings. The summed E-state index contributed by atoms with van der Waals surface area (Å²) in [7, 11) is 2.89. The number of rotatable bonds is 9. The van der Waals surface area contributed by atoms with E-state index in [0.29, 0.717) is 39.3 Å². The Bertz CT molecular complexity index is 1060. The normalized spacial score (nSPS) is 31.6. The molecule has 0 amide bonds. The van der Waals surface area contributed by atoms with Crippen molar-refractivity contribution in [3.05, 3.63) is 43.5 Å². The number of hydrogen-bond acceptors (Lipinski definition) is 10. The summed E-state index contributed by atoms with van der Waals surface area (Å²) in [4.78, 5) is 29.0. The fourth-order valence-corrected chi connectivity index (χ4v) is 4.64. The summed E-state index contributed by atoms with van der Waals surface area (Å²) in [6.07, 6.45) is -2.76. The van der Waals surface area contributed by atoms with Gasteiger partial charge in [-0.1, -0.05) is 5.11 Å². The molecular formula is C21H30FN5O9. The van der Waals surface area contributed by atoms with Gasteiger partial charge in [-0.05, 0) is 5.53 Å². The van der Waals surface area contributed by atoms with Crippen molar-refractivity contribution in [1.29, 1.82) is 0 Å². The molecule has 1 aromatic rings. The SMILES string of the molecule is COC1(OC[C@@]2(N=[N+]=[N-])O[C@@H](n3ccc(=O)[nH]c3=O)[C@H](F)[C@@H]2OC2(OC)CCOCC2)CCOCC1. The molecule has 15 heteroatoms. The van der Waals surface area contributed by atoms with Gasteiger partial charge in [-0.25, -0.2) is 9.18 Å². The zero-order valence-corrected chi connectivity index (χ0v) is 20.1. The van der Waals surface area contributed by atoms with Crippen molar-refractivity contribution in [3.63, 3.8) is 0 Å². The zero-order valence-electron chi connectivity index (χ0n) is 20.1. The fraction of sp³-hybridized carbons (Fsp3) is 0.810. The lowest BCUT2D eigenvalue weighted by Crippen LogP contribution is -2.55. The maximum absolute atomic E-state index is 16.2. The molecule has 200 valence electrons. The highest BCUT2D eigenvalue weighted by Crippen LogP contribution is 2.45. The monoisotopic (exact) mass is 515 g/mol. The third-order valence-corrected chi connectivity index (χ3v) is 6.81. The molecule has 1 N–H and O–H groups in total. The molecule has 0 saturated carbocycles. The number of nitrogens with zero attached hydrogens (tertiary/aromatic N) is 4. The van der Waals surface area contributed by atoms with E-state index in [0.717, 1.165) is 16.8 Å². The summed E-state index contributed by atoms with van der Waals surface area (Å²) in [5, 5.41) is 3.80. The van der Waals surface area contributed by atoms with Crippen molar-refractivity contribution in [2.45, 2.75) is 61.5 Å². The molecule has 4 heterocycles. The zero-order chi connectivity index (χ0) is 25.8. The molecule has 1 aromatic heterocycles. The van der Waals surface area contributed by atoms with Gasteiger partial charge in [0.1, 0.15) is 6.10 Å². The molecule has 3 aliphatic rings. The first-order chi connectivity index (χ1) is 17.3. The number of aromatic amines is 1. The number of halogens is 1. The van der Waals surface area contributed by atoms with Gasteiger partial charge in [-0.3, -0.25) is 14.3 Å². The largest absolute Gasteiger partial charge is 0.381 e. The topological polar surface area (TPSA) is 168 Å². The Hall–Kier alpha value is -2.36. The van der Waals surface area contributed by atoms with E-state index in [1.807, 2.05) is 0 Å². The molecule has 0 aliphatic carbocycles. The highest BCUT2D eigenvalue weighted by molar-refractivity contribution is 5.04. The second kappa shape index (κ2) is 10.9. The Morgan fingerprint density at radius 2 is 1.75 bits per heavy atom. The van der Waals surface area contributed by atoms with Crippen LogP contribution in [-0.2, 0) is 33.2 Å². The molecule has 0 radical (unpaired) electrons. The summed E-state index contributed by atoms with van der Waals surface area (Å²) < 4.78 is 57.2. The first-order valence-electron chi connectivity index (χ1n) is 11.6. The van der Waals surface area contributed by atoms with Gasteiger partial charge < -0.3 is 33.2 Å². The minimum absolute atomic E-state index is 0.280. The second-order valence-electron chi connectivity index (χ2n) is 8.79. The van der Waals surface area contributed by atoms with Crippen molar-refractivity contribution in [3.8, 4) is 0 Å². The van der Waals surface area contributed by atoms with Crippen LogP contribution in [0, 0.1) is 0 Å². The van der Waals surface area contributed by atoms with E-state index in [2.05, 4.69) is 15.0 Å². The average Bonchev–Trinajstić information content (AvgIpc) is 3.15. The quantitative estimate of drug-likeness (QED) is 0.219. The van der Waals surface area contributed by atoms with Gasteiger partial charge in [-0.2, -0.15) is 0 Å². The predicted molar refractivity (Wildman–Crippen MR) is 119 cm³/mol. The maximum Gasteiger partial charge on any atom is 0.330 e. The van der Waals surface area contributed by atoms with Crippen molar-refractivity contribution in [2.24, 2.45) is 5.11 Å². The lowest BCUT2D eigenvalue weighted by molar-refractivity contribution is -0.314. The third-order valence-electron chi connectivity index (χ3n) is 6.81. The molecule has 3 aliphatic heterocycles. The van der Waals surface area contributed by atoms with Gasteiger partial charge in [0.15, 0.2) is 24.0 Å². The van der Waals surface area contributed by atoms with E-state index in [1.54, 1.807) is 0 Å². The minimum Gasteiger partial charge on any atom is -0.381 e. The van der Waals surface area contributed by atoms with Crippen LogP contribution >= 0.6 is 0 Å². The molecule has 3 saturated heterocycles. The second-order valence-corrected chi connectivity index (χ2v) is 8.79. The highest BCUT2D eigenvalue weighted by Gasteiger charge is 2.61. The van der Waals surface area contributed by atoms with Crippen LogP contribution in [0.4, 0.5) is 4.39 Å². The van der Waals surface area contributed by atoms with Crippen LogP contribution in [0.3, 0.4) is 0 Å². The lowest BCUT2D eigenvalue weighted by atomic mass is 10.0. The summed E-state index contributed by atoms with van der Waals surface area (Å²) in [6.45, 7) is 0.896. The molecule has 14 nitrogen and oxygen atoms in total. The van der Waals surface area contributed by atoms with Gasteiger partial charge in [0, 0.05) is 57.1 Å². The first kappa shape index (κ1) is 26.7. The Kier molecular flexibility index (Phi) is 8.12. The smallest absolute Gasteiger partial charge is 0.330 e. The number of ether oxygens (including phenoxy) is 7. The molecule has 0 bridgehead atoms. The highest BCUT2D eigenvalue weighted by atomic mass is 19.1. The average molecular weight is 515 g/mol. The lowest BCUT2D eigenvalue weighted by Gasteiger charge is -2.42. The van der Waals surface area contributed by atoms with E-state index in [9.17, 15) is 15.1 Å². The maximum atomic E-state index is 16.2. The molecular weight excluding hydrogens is 485 g/mol. The first-order valence-corrected chi connectivity index (χ1v) is 11.6.